The van der Waals surface area contributed by atoms with Gasteiger partial charge in [0.05, 0.1) is 20.3 Å². The summed E-state index contributed by atoms with van der Waals surface area (Å²) < 4.78 is 22.2. The molecule has 34 heavy (non-hydrogen) atoms. The van der Waals surface area contributed by atoms with E-state index in [9.17, 15) is 9.00 Å². The molecule has 2 atom stereocenters. The quantitative estimate of drug-likeness (QED) is 0.478. The fourth-order valence-electron chi connectivity index (χ4n) is 4.56. The number of likely N-dealkylation sites (tertiary alicyclic amines) is 1. The molecule has 3 aromatic rings. The molecule has 6 nitrogen and oxygen atoms in total. The minimum Gasteiger partial charge on any atom is -0.489 e. The number of halogens is 1. The van der Waals surface area contributed by atoms with Crippen LogP contribution in [0.5, 0.6) is 5.75 Å². The Kier molecular flexibility index (Phi) is 6.23. The minimum atomic E-state index is -2.97. The lowest BCUT2D eigenvalue weighted by Crippen LogP contribution is -2.41. The number of rotatable bonds is 4. The molecule has 2 aliphatic rings. The van der Waals surface area contributed by atoms with E-state index in [0.717, 1.165) is 37.9 Å². The Morgan fingerprint density at radius 3 is 2.56 bits per heavy atom. The van der Waals surface area contributed by atoms with Crippen LogP contribution in [0.2, 0.25) is 5.02 Å². The van der Waals surface area contributed by atoms with Gasteiger partial charge in [-0.3, -0.25) is 14.1 Å². The summed E-state index contributed by atoms with van der Waals surface area (Å²) in [5.41, 5.74) is 2.11. The SMILES string of the molecule is C=S(=O)(c1cccnc1)N1c2ccc(C(=O)N3CCCCC3)cc2OCC1c1ccc(Cl)cc1. The number of carbonyl (C=O) groups is 1. The Morgan fingerprint density at radius 2 is 1.85 bits per heavy atom. The third-order valence-corrected chi connectivity index (χ3v) is 8.66. The maximum Gasteiger partial charge on any atom is 0.253 e. The molecule has 2 aliphatic heterocycles. The van der Waals surface area contributed by atoms with E-state index < -0.39 is 9.71 Å². The molecule has 1 saturated heterocycles. The standard InChI is InChI=1S/C26H26ClN3O3S/c1-34(32,22-6-5-13-28-17-22)30-23-12-9-20(26(31)29-14-3-2-4-15-29)16-25(23)33-18-24(30)19-7-10-21(27)11-8-19/h5-13,16-17,24H,1-4,14-15,18H2. The second-order valence-electron chi connectivity index (χ2n) is 8.57. The number of piperidine rings is 1. The molecule has 2 unspecified atom stereocenters. The molecular weight excluding hydrogens is 470 g/mol. The Hall–Kier alpha value is -3.03. The maximum absolute atomic E-state index is 14.2. The summed E-state index contributed by atoms with van der Waals surface area (Å²) in [5.74, 6) is 4.67. The molecule has 1 amide bonds. The van der Waals surface area contributed by atoms with Crippen LogP contribution in [0.15, 0.2) is 71.9 Å². The number of carbonyl (C=O) groups excluding carboxylic acids is 1. The van der Waals surface area contributed by atoms with E-state index in [4.69, 9.17) is 16.3 Å². The zero-order valence-electron chi connectivity index (χ0n) is 18.7. The molecule has 0 radical (unpaired) electrons. The third kappa shape index (κ3) is 4.26. The first-order valence-electron chi connectivity index (χ1n) is 11.3. The highest BCUT2D eigenvalue weighted by molar-refractivity contribution is 8.01. The van der Waals surface area contributed by atoms with Gasteiger partial charge in [0, 0.05) is 36.1 Å². The van der Waals surface area contributed by atoms with E-state index in [1.165, 1.54) is 0 Å². The van der Waals surface area contributed by atoms with Crippen LogP contribution < -0.4 is 9.04 Å². The average Bonchev–Trinajstić information content (AvgIpc) is 2.88. The van der Waals surface area contributed by atoms with Crippen molar-refractivity contribution in [2.24, 2.45) is 0 Å². The van der Waals surface area contributed by atoms with Crippen molar-refractivity contribution >= 4 is 38.8 Å². The Balaban J connectivity index is 1.58. The van der Waals surface area contributed by atoms with Gasteiger partial charge in [-0.1, -0.05) is 23.7 Å². The lowest BCUT2D eigenvalue weighted by molar-refractivity contribution is 0.0724. The molecule has 5 rings (SSSR count). The van der Waals surface area contributed by atoms with Gasteiger partial charge in [0.15, 0.2) is 0 Å². The van der Waals surface area contributed by atoms with Crippen molar-refractivity contribution in [2.45, 2.75) is 30.2 Å². The normalized spacial score (nSPS) is 19.6. The number of nitrogens with zero attached hydrogens (tertiary/aromatic N) is 3. The molecule has 3 heterocycles. The molecule has 1 aromatic heterocycles. The molecule has 0 saturated carbocycles. The van der Waals surface area contributed by atoms with Gasteiger partial charge in [-0.15, -0.1) is 0 Å². The highest BCUT2D eigenvalue weighted by Gasteiger charge is 2.35. The molecule has 0 spiro atoms. The van der Waals surface area contributed by atoms with Crippen LogP contribution in [0.1, 0.15) is 41.2 Å². The van der Waals surface area contributed by atoms with Crippen LogP contribution in [0.3, 0.4) is 0 Å². The largest absolute Gasteiger partial charge is 0.489 e. The number of benzene rings is 2. The van der Waals surface area contributed by atoms with E-state index in [2.05, 4.69) is 10.9 Å². The Morgan fingerprint density at radius 1 is 1.09 bits per heavy atom. The van der Waals surface area contributed by atoms with Gasteiger partial charge in [-0.25, -0.2) is 4.21 Å². The summed E-state index contributed by atoms with van der Waals surface area (Å²) >= 11 is 6.11. The van der Waals surface area contributed by atoms with Crippen molar-refractivity contribution in [1.82, 2.24) is 9.88 Å². The number of anilines is 1. The fourth-order valence-corrected chi connectivity index (χ4v) is 6.49. The number of fused-ring (bicyclic) bond motifs is 1. The van der Waals surface area contributed by atoms with E-state index in [0.29, 0.717) is 26.9 Å². The number of hydrogen-bond donors (Lipinski definition) is 0. The number of pyridine rings is 1. The molecule has 176 valence electrons. The van der Waals surface area contributed by atoms with Crippen molar-refractivity contribution in [3.8, 4) is 5.75 Å². The second-order valence-corrected chi connectivity index (χ2v) is 11.2. The highest BCUT2D eigenvalue weighted by atomic mass is 35.5. The molecule has 2 aromatic carbocycles. The third-order valence-electron chi connectivity index (χ3n) is 6.34. The Bertz CT molecular complexity index is 1290. The predicted molar refractivity (Wildman–Crippen MR) is 136 cm³/mol. The van der Waals surface area contributed by atoms with E-state index in [-0.39, 0.29) is 18.6 Å². The van der Waals surface area contributed by atoms with E-state index in [1.54, 1.807) is 53.1 Å². The zero-order valence-corrected chi connectivity index (χ0v) is 20.3. The monoisotopic (exact) mass is 495 g/mol. The van der Waals surface area contributed by atoms with Gasteiger partial charge < -0.3 is 9.64 Å². The van der Waals surface area contributed by atoms with Gasteiger partial charge in [-0.05, 0) is 73.2 Å². The lowest BCUT2D eigenvalue weighted by Gasteiger charge is -2.40. The topological polar surface area (TPSA) is 62.7 Å². The van der Waals surface area contributed by atoms with Crippen LogP contribution in [0, 0.1) is 0 Å². The van der Waals surface area contributed by atoms with Gasteiger partial charge in [0.25, 0.3) is 5.91 Å². The first-order valence-corrected chi connectivity index (χ1v) is 13.4. The van der Waals surface area contributed by atoms with Crippen LogP contribution >= 0.6 is 11.6 Å². The molecule has 8 heteroatoms. The maximum atomic E-state index is 14.2. The number of aromatic nitrogens is 1. The predicted octanol–water partition coefficient (Wildman–Crippen LogP) is 4.99. The molecule has 0 N–H and O–H groups in total. The summed E-state index contributed by atoms with van der Waals surface area (Å²) in [6, 6.07) is 15.9. The van der Waals surface area contributed by atoms with Crippen molar-refractivity contribution < 1.29 is 13.7 Å². The first-order chi connectivity index (χ1) is 16.4. The number of amides is 1. The summed E-state index contributed by atoms with van der Waals surface area (Å²) in [7, 11) is -2.97. The summed E-state index contributed by atoms with van der Waals surface area (Å²) in [6.07, 6.45) is 6.43. The van der Waals surface area contributed by atoms with Gasteiger partial charge in [0.1, 0.15) is 18.4 Å². The summed E-state index contributed by atoms with van der Waals surface area (Å²) in [4.78, 5) is 19.6. The molecular formula is C26H26ClN3O3S. The average molecular weight is 496 g/mol. The highest BCUT2D eigenvalue weighted by Crippen LogP contribution is 2.43. The minimum absolute atomic E-state index is 0.0000845. The molecule has 0 aliphatic carbocycles. The van der Waals surface area contributed by atoms with Crippen LogP contribution in [-0.2, 0) is 9.71 Å². The molecule has 0 bridgehead atoms. The Labute approximate surface area is 205 Å². The van der Waals surface area contributed by atoms with E-state index >= 15 is 0 Å². The van der Waals surface area contributed by atoms with Gasteiger partial charge in [0.2, 0.25) is 0 Å². The van der Waals surface area contributed by atoms with Crippen molar-refractivity contribution in [2.75, 3.05) is 24.0 Å². The number of ether oxygens (including phenoxy) is 1. The summed E-state index contributed by atoms with van der Waals surface area (Å²) in [6.45, 7) is 1.80. The van der Waals surface area contributed by atoms with Crippen LogP contribution in [0.4, 0.5) is 5.69 Å². The van der Waals surface area contributed by atoms with Gasteiger partial charge >= 0.3 is 0 Å². The first kappa shape index (κ1) is 22.7. The van der Waals surface area contributed by atoms with Crippen LogP contribution in [-0.4, -0.2) is 45.6 Å². The van der Waals surface area contributed by atoms with Crippen molar-refractivity contribution in [3.05, 3.63) is 83.1 Å². The van der Waals surface area contributed by atoms with Crippen molar-refractivity contribution in [1.29, 1.82) is 0 Å². The zero-order chi connectivity index (χ0) is 23.7. The molecule has 1 fully saturated rings. The van der Waals surface area contributed by atoms with Gasteiger partial charge in [-0.2, -0.15) is 0 Å². The lowest BCUT2D eigenvalue weighted by atomic mass is 10.0. The summed E-state index contributed by atoms with van der Waals surface area (Å²) in [5, 5.41) is 0.621. The second kappa shape index (κ2) is 9.31. The number of hydrogen-bond acceptors (Lipinski definition) is 4. The smallest absolute Gasteiger partial charge is 0.253 e. The van der Waals surface area contributed by atoms with Crippen LogP contribution in [0.25, 0.3) is 0 Å². The van der Waals surface area contributed by atoms with Crippen molar-refractivity contribution in [3.63, 3.8) is 0 Å². The van der Waals surface area contributed by atoms with E-state index in [1.807, 2.05) is 23.1 Å². The fraction of sp³-hybridized carbons (Fsp3) is 0.269.